The Hall–Kier alpha value is -5.22. The lowest BCUT2D eigenvalue weighted by Gasteiger charge is -2.24. The fourth-order valence-corrected chi connectivity index (χ4v) is 5.56. The van der Waals surface area contributed by atoms with E-state index in [1.54, 1.807) is 60.7 Å². The normalized spacial score (nSPS) is 15.1. The number of unbranched alkanes of at least 4 members (excludes halogenated alkanes) is 4. The monoisotopic (exact) mass is 682 g/mol. The summed E-state index contributed by atoms with van der Waals surface area (Å²) in [7, 11) is 1.47. The first-order valence-corrected chi connectivity index (χ1v) is 17.1. The molecular weight excluding hydrogens is 636 g/mol. The third kappa shape index (κ3) is 11.2. The third-order valence-corrected chi connectivity index (χ3v) is 8.44. The molecule has 0 spiro atoms. The molecule has 1 aliphatic rings. The lowest BCUT2D eigenvalue weighted by Crippen LogP contribution is -2.43. The maximum atomic E-state index is 13.1. The van der Waals surface area contributed by atoms with Gasteiger partial charge in [-0.05, 0) is 66.4 Å². The van der Waals surface area contributed by atoms with Gasteiger partial charge in [-0.15, -0.1) is 0 Å². The zero-order chi connectivity index (χ0) is 35.9. The molecular formula is C40H46N2O8. The number of ether oxygens (including phenoxy) is 3. The van der Waals surface area contributed by atoms with Crippen molar-refractivity contribution in [3.8, 4) is 11.5 Å². The molecule has 10 nitrogen and oxygen atoms in total. The predicted octanol–water partition coefficient (Wildman–Crippen LogP) is 6.72. The Bertz CT molecular complexity index is 1650. The van der Waals surface area contributed by atoms with Crippen LogP contribution < -0.4 is 20.1 Å². The first-order valence-electron chi connectivity index (χ1n) is 17.1. The lowest BCUT2D eigenvalue weighted by atomic mass is 9.91. The van der Waals surface area contributed by atoms with Gasteiger partial charge in [0.1, 0.15) is 17.5 Å². The summed E-state index contributed by atoms with van der Waals surface area (Å²) in [4.78, 5) is 50.8. The van der Waals surface area contributed by atoms with Crippen molar-refractivity contribution >= 4 is 23.8 Å². The number of hydrogen-bond acceptors (Lipinski definition) is 7. The first kappa shape index (κ1) is 37.6. The molecule has 1 aliphatic carbocycles. The van der Waals surface area contributed by atoms with E-state index in [0.29, 0.717) is 46.9 Å². The molecule has 264 valence electrons. The number of carbonyl (C=O) groups excluding carboxylic acids is 3. The smallest absolute Gasteiger partial charge is 0.343 e. The van der Waals surface area contributed by atoms with Gasteiger partial charge in [0, 0.05) is 30.7 Å². The van der Waals surface area contributed by atoms with Crippen LogP contribution in [0.25, 0.3) is 0 Å². The minimum Gasteiger partial charge on any atom is -0.494 e. The van der Waals surface area contributed by atoms with Crippen molar-refractivity contribution in [2.75, 3.05) is 13.7 Å². The van der Waals surface area contributed by atoms with Gasteiger partial charge in [-0.1, -0.05) is 88.1 Å². The maximum Gasteiger partial charge on any atom is 0.343 e. The summed E-state index contributed by atoms with van der Waals surface area (Å²) in [6, 6.07) is 21.2. The topological polar surface area (TPSA) is 140 Å². The predicted molar refractivity (Wildman–Crippen MR) is 190 cm³/mol. The molecule has 3 N–H and O–H groups in total. The van der Waals surface area contributed by atoms with Crippen LogP contribution in [-0.2, 0) is 25.5 Å². The lowest BCUT2D eigenvalue weighted by molar-refractivity contribution is -0.141. The number of carboxylic acids is 1. The average Bonchev–Trinajstić information content (AvgIpc) is 3.12. The number of amides is 2. The number of methoxy groups -OCH3 is 1. The molecule has 2 amide bonds. The van der Waals surface area contributed by atoms with Crippen molar-refractivity contribution in [1.29, 1.82) is 0 Å². The van der Waals surface area contributed by atoms with Crippen LogP contribution in [0.15, 0.2) is 102 Å². The second-order valence-electron chi connectivity index (χ2n) is 12.3. The molecule has 3 aromatic carbocycles. The second-order valence-corrected chi connectivity index (χ2v) is 12.3. The fourth-order valence-electron chi connectivity index (χ4n) is 5.56. The van der Waals surface area contributed by atoms with Crippen molar-refractivity contribution < 1.29 is 38.5 Å². The number of carboxylic acid groups (broad SMARTS) is 1. The Balaban J connectivity index is 1.28. The molecule has 3 atom stereocenters. The van der Waals surface area contributed by atoms with Gasteiger partial charge in [-0.25, -0.2) is 9.59 Å². The SMILES string of the molecule is CCCCCCCOc1ccc(C(=O)Oc2ccc(C[C@H](NC(=O)C3=CC=C(NC(=O)[C@@H](OC)c4ccccc4)[C@@H](C)C3)C(=O)O)cc2)cc1. The van der Waals surface area contributed by atoms with E-state index in [1.807, 2.05) is 37.3 Å². The van der Waals surface area contributed by atoms with Crippen molar-refractivity contribution in [1.82, 2.24) is 10.6 Å². The third-order valence-electron chi connectivity index (χ3n) is 8.44. The van der Waals surface area contributed by atoms with Gasteiger partial charge < -0.3 is 30.0 Å². The molecule has 0 fully saturated rings. The molecule has 0 heterocycles. The molecule has 0 saturated carbocycles. The number of carbonyl (C=O) groups is 4. The number of nitrogens with one attached hydrogen (secondary N) is 2. The molecule has 4 rings (SSSR count). The van der Waals surface area contributed by atoms with Crippen LogP contribution in [0.4, 0.5) is 0 Å². The van der Waals surface area contributed by atoms with Crippen molar-refractivity contribution in [3.05, 3.63) is 119 Å². The van der Waals surface area contributed by atoms with E-state index in [-0.39, 0.29) is 18.2 Å². The number of aliphatic carboxylic acids is 1. The molecule has 0 aromatic heterocycles. The van der Waals surface area contributed by atoms with Gasteiger partial charge in [0.15, 0.2) is 6.10 Å². The van der Waals surface area contributed by atoms with E-state index >= 15 is 0 Å². The summed E-state index contributed by atoms with van der Waals surface area (Å²) in [6.45, 7) is 4.69. The van der Waals surface area contributed by atoms with E-state index in [1.165, 1.54) is 26.4 Å². The first-order chi connectivity index (χ1) is 24.2. The highest BCUT2D eigenvalue weighted by Gasteiger charge is 2.27. The van der Waals surface area contributed by atoms with E-state index in [4.69, 9.17) is 14.2 Å². The molecule has 0 unspecified atom stereocenters. The quantitative estimate of drug-likeness (QED) is 0.0763. The Labute approximate surface area is 293 Å². The highest BCUT2D eigenvalue weighted by atomic mass is 16.5. The minimum absolute atomic E-state index is 0.0211. The highest BCUT2D eigenvalue weighted by molar-refractivity contribution is 5.96. The van der Waals surface area contributed by atoms with Crippen LogP contribution in [0.2, 0.25) is 0 Å². The van der Waals surface area contributed by atoms with E-state index in [9.17, 15) is 24.3 Å². The van der Waals surface area contributed by atoms with Gasteiger partial charge in [0.25, 0.3) is 5.91 Å². The van der Waals surface area contributed by atoms with E-state index < -0.39 is 30.0 Å². The summed E-state index contributed by atoms with van der Waals surface area (Å²) < 4.78 is 16.7. The van der Waals surface area contributed by atoms with Crippen LogP contribution in [0.1, 0.15) is 80.0 Å². The molecule has 0 radical (unpaired) electrons. The average molecular weight is 683 g/mol. The van der Waals surface area contributed by atoms with Crippen molar-refractivity contribution in [3.63, 3.8) is 0 Å². The largest absolute Gasteiger partial charge is 0.494 e. The highest BCUT2D eigenvalue weighted by Crippen LogP contribution is 2.26. The maximum absolute atomic E-state index is 13.1. The van der Waals surface area contributed by atoms with E-state index in [2.05, 4.69) is 17.6 Å². The fraction of sp³-hybridized carbons (Fsp3) is 0.350. The number of rotatable bonds is 18. The molecule has 50 heavy (non-hydrogen) atoms. The summed E-state index contributed by atoms with van der Waals surface area (Å²) in [5.74, 6) is -1.74. The Morgan fingerprint density at radius 2 is 1.54 bits per heavy atom. The molecule has 3 aromatic rings. The number of hydrogen-bond donors (Lipinski definition) is 3. The molecule has 0 bridgehead atoms. The van der Waals surface area contributed by atoms with Crippen LogP contribution >= 0.6 is 0 Å². The zero-order valence-corrected chi connectivity index (χ0v) is 28.9. The van der Waals surface area contributed by atoms with Crippen LogP contribution in [-0.4, -0.2) is 48.6 Å². The van der Waals surface area contributed by atoms with E-state index in [0.717, 1.165) is 18.4 Å². The van der Waals surface area contributed by atoms with Gasteiger partial charge in [0.2, 0.25) is 5.91 Å². The summed E-state index contributed by atoms with van der Waals surface area (Å²) in [6.07, 6.45) is 8.55. The zero-order valence-electron chi connectivity index (χ0n) is 28.9. The summed E-state index contributed by atoms with van der Waals surface area (Å²) in [5, 5.41) is 15.4. The molecule has 10 heteroatoms. The minimum atomic E-state index is -1.19. The van der Waals surface area contributed by atoms with Crippen LogP contribution in [0.5, 0.6) is 11.5 Å². The summed E-state index contributed by atoms with van der Waals surface area (Å²) in [5.41, 5.74) is 2.76. The van der Waals surface area contributed by atoms with Gasteiger partial charge in [0.05, 0.1) is 12.2 Å². The summed E-state index contributed by atoms with van der Waals surface area (Å²) >= 11 is 0. The Kier molecular flexibility index (Phi) is 14.4. The Morgan fingerprint density at radius 3 is 2.18 bits per heavy atom. The standard InChI is InChI=1S/C40H46N2O8/c1-4-5-6-7-11-24-49-32-21-16-30(17-22-32)40(47)50-33-19-14-28(15-20-33)26-35(39(45)46)42-37(43)31-18-23-34(27(2)25-31)41-38(44)36(48-3)29-12-9-8-10-13-29/h8-10,12-23,27,35-36H,4-7,11,24-26H2,1-3H3,(H,41,44)(H,42,43)(H,45,46)/t27-,35-,36-/m0/s1. The number of allylic oxidation sites excluding steroid dienone is 3. The molecule has 0 aliphatic heterocycles. The van der Waals surface area contributed by atoms with Crippen LogP contribution in [0.3, 0.4) is 0 Å². The van der Waals surface area contributed by atoms with Gasteiger partial charge >= 0.3 is 11.9 Å². The van der Waals surface area contributed by atoms with Crippen molar-refractivity contribution in [2.24, 2.45) is 5.92 Å². The van der Waals surface area contributed by atoms with Gasteiger partial charge in [-0.3, -0.25) is 9.59 Å². The Morgan fingerprint density at radius 1 is 0.860 bits per heavy atom. The van der Waals surface area contributed by atoms with Crippen LogP contribution in [0, 0.1) is 5.92 Å². The van der Waals surface area contributed by atoms with Crippen molar-refractivity contribution in [2.45, 2.75) is 70.9 Å². The number of benzene rings is 3. The number of esters is 1. The second kappa shape index (κ2) is 19.1. The molecule has 0 saturated heterocycles. The van der Waals surface area contributed by atoms with Gasteiger partial charge in [-0.2, -0.15) is 0 Å².